The van der Waals surface area contributed by atoms with Gasteiger partial charge in [0.1, 0.15) is 5.82 Å². The van der Waals surface area contributed by atoms with Crippen molar-refractivity contribution in [2.45, 2.75) is 57.8 Å². The van der Waals surface area contributed by atoms with E-state index in [2.05, 4.69) is 21.0 Å². The standard InChI is InChI=1S/C23H28N6O3/c1-13-3-7-17(8-4-13)28-12-16(10-21(28)31)22(32)25-19-11-18(15-5-6-15)27-29(19)23-24-14(2)9-20(30)26-23/h3-4,7-8,11,14-16,23-24H,5-6,9-10,12H2,1-2H3,(H,25,32)(H,26,30). The van der Waals surface area contributed by atoms with Crippen molar-refractivity contribution in [2.75, 3.05) is 16.8 Å². The second-order valence-electron chi connectivity index (χ2n) is 9.15. The van der Waals surface area contributed by atoms with Gasteiger partial charge >= 0.3 is 0 Å². The van der Waals surface area contributed by atoms with Crippen LogP contribution in [0.5, 0.6) is 0 Å². The van der Waals surface area contributed by atoms with Crippen molar-refractivity contribution in [3.63, 3.8) is 0 Å². The van der Waals surface area contributed by atoms with Crippen molar-refractivity contribution in [1.82, 2.24) is 20.4 Å². The third-order valence-electron chi connectivity index (χ3n) is 6.32. The van der Waals surface area contributed by atoms with E-state index in [-0.39, 0.29) is 30.2 Å². The fraction of sp³-hybridized carbons (Fsp3) is 0.478. The summed E-state index contributed by atoms with van der Waals surface area (Å²) in [4.78, 5) is 39.4. The molecule has 2 aliphatic heterocycles. The number of carbonyl (C=O) groups excluding carboxylic acids is 3. The summed E-state index contributed by atoms with van der Waals surface area (Å²) in [5.41, 5.74) is 2.84. The van der Waals surface area contributed by atoms with E-state index < -0.39 is 12.2 Å². The predicted molar refractivity (Wildman–Crippen MR) is 119 cm³/mol. The first kappa shape index (κ1) is 20.7. The molecule has 3 aliphatic rings. The van der Waals surface area contributed by atoms with E-state index in [0.717, 1.165) is 29.8 Å². The lowest BCUT2D eigenvalue weighted by Crippen LogP contribution is -2.52. The first-order chi connectivity index (χ1) is 15.4. The highest BCUT2D eigenvalue weighted by atomic mass is 16.2. The smallest absolute Gasteiger partial charge is 0.230 e. The molecule has 0 radical (unpaired) electrons. The topological polar surface area (TPSA) is 108 Å². The van der Waals surface area contributed by atoms with E-state index in [1.165, 1.54) is 0 Å². The zero-order chi connectivity index (χ0) is 22.4. The molecule has 5 rings (SSSR count). The van der Waals surface area contributed by atoms with Crippen LogP contribution in [0.4, 0.5) is 11.5 Å². The molecule has 0 spiro atoms. The molecule has 2 saturated heterocycles. The molecule has 3 fully saturated rings. The molecule has 1 saturated carbocycles. The molecule has 1 aromatic heterocycles. The van der Waals surface area contributed by atoms with Gasteiger partial charge in [-0.05, 0) is 38.8 Å². The molecule has 2 aromatic rings. The lowest BCUT2D eigenvalue weighted by atomic mass is 10.1. The van der Waals surface area contributed by atoms with Crippen LogP contribution in [0.15, 0.2) is 30.3 Å². The number of rotatable bonds is 5. The molecule has 9 nitrogen and oxygen atoms in total. The van der Waals surface area contributed by atoms with Gasteiger partial charge in [-0.2, -0.15) is 5.10 Å². The quantitative estimate of drug-likeness (QED) is 0.665. The van der Waals surface area contributed by atoms with Crippen molar-refractivity contribution in [2.24, 2.45) is 5.92 Å². The van der Waals surface area contributed by atoms with Crippen LogP contribution in [0, 0.1) is 12.8 Å². The van der Waals surface area contributed by atoms with E-state index >= 15 is 0 Å². The van der Waals surface area contributed by atoms with Crippen LogP contribution in [0.3, 0.4) is 0 Å². The SMILES string of the molecule is Cc1ccc(N2CC(C(=O)Nc3cc(C4CC4)nn3C3NC(=O)CC(C)N3)CC2=O)cc1. The third-order valence-corrected chi connectivity index (χ3v) is 6.32. The van der Waals surface area contributed by atoms with Crippen molar-refractivity contribution in [3.8, 4) is 0 Å². The Morgan fingerprint density at radius 2 is 1.91 bits per heavy atom. The second-order valence-corrected chi connectivity index (χ2v) is 9.15. The van der Waals surface area contributed by atoms with Crippen LogP contribution in [-0.2, 0) is 14.4 Å². The summed E-state index contributed by atoms with van der Waals surface area (Å²) in [6.45, 7) is 4.28. The first-order valence-corrected chi connectivity index (χ1v) is 11.2. The lowest BCUT2D eigenvalue weighted by Gasteiger charge is -2.30. The Morgan fingerprint density at radius 1 is 1.16 bits per heavy atom. The number of nitrogens with one attached hydrogen (secondary N) is 3. The predicted octanol–water partition coefficient (Wildman–Crippen LogP) is 2.01. The number of anilines is 2. The van der Waals surface area contributed by atoms with Gasteiger partial charge in [-0.15, -0.1) is 0 Å². The highest BCUT2D eigenvalue weighted by molar-refractivity contribution is 6.03. The fourth-order valence-electron chi connectivity index (χ4n) is 4.36. The Kier molecular flexibility index (Phi) is 5.21. The molecule has 0 bridgehead atoms. The zero-order valence-electron chi connectivity index (χ0n) is 18.3. The van der Waals surface area contributed by atoms with Gasteiger partial charge in [-0.25, -0.2) is 4.68 Å². The Bertz CT molecular complexity index is 1060. The fourth-order valence-corrected chi connectivity index (χ4v) is 4.36. The van der Waals surface area contributed by atoms with E-state index in [0.29, 0.717) is 24.7 Å². The normalized spacial score (nSPS) is 25.7. The maximum Gasteiger partial charge on any atom is 0.230 e. The number of benzene rings is 1. The Morgan fingerprint density at radius 3 is 2.59 bits per heavy atom. The van der Waals surface area contributed by atoms with E-state index in [1.54, 1.807) is 9.58 Å². The average Bonchev–Trinajstić information content (AvgIpc) is 3.40. The van der Waals surface area contributed by atoms with Crippen molar-refractivity contribution in [3.05, 3.63) is 41.6 Å². The van der Waals surface area contributed by atoms with Gasteiger partial charge in [-0.1, -0.05) is 17.7 Å². The molecule has 168 valence electrons. The molecule has 9 heteroatoms. The van der Waals surface area contributed by atoms with E-state index in [9.17, 15) is 14.4 Å². The molecule has 3 N–H and O–H groups in total. The van der Waals surface area contributed by atoms with E-state index in [1.807, 2.05) is 44.2 Å². The van der Waals surface area contributed by atoms with Crippen LogP contribution in [0.1, 0.15) is 56.1 Å². The Labute approximate surface area is 186 Å². The largest absolute Gasteiger partial charge is 0.322 e. The van der Waals surface area contributed by atoms with Gasteiger partial charge in [0.15, 0.2) is 6.29 Å². The third kappa shape index (κ3) is 4.12. The zero-order valence-corrected chi connectivity index (χ0v) is 18.3. The maximum absolute atomic E-state index is 13.1. The molecular formula is C23H28N6O3. The second kappa shape index (κ2) is 8.05. The monoisotopic (exact) mass is 436 g/mol. The van der Waals surface area contributed by atoms with Gasteiger partial charge < -0.3 is 15.5 Å². The molecule has 32 heavy (non-hydrogen) atoms. The number of aryl methyl sites for hydroxylation is 1. The summed E-state index contributed by atoms with van der Waals surface area (Å²) in [6.07, 6.45) is 2.19. The highest BCUT2D eigenvalue weighted by Gasteiger charge is 2.37. The van der Waals surface area contributed by atoms with Crippen molar-refractivity contribution < 1.29 is 14.4 Å². The van der Waals surface area contributed by atoms with Crippen LogP contribution in [0.2, 0.25) is 0 Å². The van der Waals surface area contributed by atoms with Crippen molar-refractivity contribution in [1.29, 1.82) is 0 Å². The number of carbonyl (C=O) groups is 3. The van der Waals surface area contributed by atoms with E-state index in [4.69, 9.17) is 0 Å². The highest BCUT2D eigenvalue weighted by Crippen LogP contribution is 2.40. The number of nitrogens with zero attached hydrogens (tertiary/aromatic N) is 3. The molecule has 3 unspecified atom stereocenters. The van der Waals surface area contributed by atoms with Crippen LogP contribution in [-0.4, -0.2) is 40.1 Å². The summed E-state index contributed by atoms with van der Waals surface area (Å²) < 4.78 is 1.65. The molecule has 3 amide bonds. The van der Waals surface area contributed by atoms with Crippen LogP contribution >= 0.6 is 0 Å². The summed E-state index contributed by atoms with van der Waals surface area (Å²) in [5.74, 6) is 0.142. The van der Waals surface area contributed by atoms with Gasteiger partial charge in [0.05, 0.1) is 11.6 Å². The van der Waals surface area contributed by atoms with Crippen LogP contribution in [0.25, 0.3) is 0 Å². The number of amides is 3. The van der Waals surface area contributed by atoms with Gasteiger partial charge in [0.25, 0.3) is 0 Å². The maximum atomic E-state index is 13.1. The van der Waals surface area contributed by atoms with Gasteiger partial charge in [-0.3, -0.25) is 19.7 Å². The minimum absolute atomic E-state index is 0.00129. The number of hydrogen-bond acceptors (Lipinski definition) is 5. The van der Waals surface area contributed by atoms with Crippen LogP contribution < -0.4 is 20.9 Å². The molecular weight excluding hydrogens is 408 g/mol. The summed E-state index contributed by atoms with van der Waals surface area (Å²) in [7, 11) is 0. The molecule has 3 heterocycles. The number of hydrogen-bond donors (Lipinski definition) is 3. The van der Waals surface area contributed by atoms with Gasteiger partial charge in [0.2, 0.25) is 17.7 Å². The first-order valence-electron chi connectivity index (χ1n) is 11.2. The van der Waals surface area contributed by atoms with Crippen molar-refractivity contribution >= 4 is 29.2 Å². The molecule has 1 aliphatic carbocycles. The molecule has 1 aromatic carbocycles. The Balaban J connectivity index is 1.33. The average molecular weight is 437 g/mol. The van der Waals surface area contributed by atoms with Gasteiger partial charge in [0, 0.05) is 43.1 Å². The number of aromatic nitrogens is 2. The minimum atomic E-state index is -0.525. The summed E-state index contributed by atoms with van der Waals surface area (Å²) in [5, 5.41) is 13.9. The summed E-state index contributed by atoms with van der Waals surface area (Å²) in [6, 6.07) is 9.62. The lowest BCUT2D eigenvalue weighted by molar-refractivity contribution is -0.125. The Hall–Kier alpha value is -3.20. The molecule has 3 atom stereocenters. The summed E-state index contributed by atoms with van der Waals surface area (Å²) >= 11 is 0. The minimum Gasteiger partial charge on any atom is -0.322 e.